The Morgan fingerprint density at radius 2 is 1.85 bits per heavy atom. The summed E-state index contributed by atoms with van der Waals surface area (Å²) >= 11 is 5.16. The van der Waals surface area contributed by atoms with Gasteiger partial charge in [0.1, 0.15) is 5.69 Å². The summed E-state index contributed by atoms with van der Waals surface area (Å²) in [4.78, 5) is 19.5. The van der Waals surface area contributed by atoms with Gasteiger partial charge in [0.25, 0.3) is 5.91 Å². The zero-order valence-corrected chi connectivity index (χ0v) is 20.0. The Kier molecular flexibility index (Phi) is 5.97. The van der Waals surface area contributed by atoms with Crippen molar-refractivity contribution in [1.29, 1.82) is 0 Å². The van der Waals surface area contributed by atoms with Crippen LogP contribution in [0.1, 0.15) is 17.4 Å². The maximum atomic E-state index is 13.1. The van der Waals surface area contributed by atoms with Crippen LogP contribution in [-0.2, 0) is 6.54 Å². The van der Waals surface area contributed by atoms with E-state index >= 15 is 0 Å². The molecule has 33 heavy (non-hydrogen) atoms. The predicted molar refractivity (Wildman–Crippen MR) is 133 cm³/mol. The van der Waals surface area contributed by atoms with Crippen LogP contribution in [0, 0.1) is 0 Å². The summed E-state index contributed by atoms with van der Waals surface area (Å²) < 4.78 is 4.33. The number of nitrogens with zero attached hydrogens (tertiary/aromatic N) is 5. The summed E-state index contributed by atoms with van der Waals surface area (Å²) in [7, 11) is 0. The molecule has 0 bridgehead atoms. The molecule has 0 saturated heterocycles. The van der Waals surface area contributed by atoms with Gasteiger partial charge >= 0.3 is 0 Å². The minimum absolute atomic E-state index is 0.278. The van der Waals surface area contributed by atoms with Gasteiger partial charge in [-0.15, -0.1) is 0 Å². The molecule has 0 aliphatic rings. The van der Waals surface area contributed by atoms with E-state index in [4.69, 9.17) is 0 Å². The average molecular weight is 519 g/mol. The Morgan fingerprint density at radius 3 is 2.64 bits per heavy atom. The van der Waals surface area contributed by atoms with Crippen LogP contribution in [0.5, 0.6) is 0 Å². The third-order valence-electron chi connectivity index (χ3n) is 4.98. The molecule has 0 atom stereocenters. The fraction of sp³-hybridized carbons (Fsp3) is 0.0833. The van der Waals surface area contributed by atoms with E-state index in [1.807, 2.05) is 78.5 Å². The van der Waals surface area contributed by atoms with Gasteiger partial charge in [0.15, 0.2) is 11.3 Å². The van der Waals surface area contributed by atoms with Crippen molar-refractivity contribution in [3.8, 4) is 11.4 Å². The first-order valence-electron chi connectivity index (χ1n) is 10.3. The van der Waals surface area contributed by atoms with E-state index in [-0.39, 0.29) is 11.6 Å². The number of carbonyl (C=O) groups is 1. The molecule has 3 heterocycles. The molecule has 0 unspecified atom stereocenters. The zero-order chi connectivity index (χ0) is 22.8. The smallest absolute Gasteiger partial charge is 0.276 e. The number of para-hydroxylation sites is 1. The predicted octanol–water partition coefficient (Wildman–Crippen LogP) is 5.78. The second-order valence-electron chi connectivity index (χ2n) is 7.18. The third-order valence-corrected chi connectivity index (χ3v) is 6.64. The quantitative estimate of drug-likeness (QED) is 0.308. The fourth-order valence-corrected chi connectivity index (χ4v) is 4.82. The molecule has 0 fully saturated rings. The molecule has 1 amide bonds. The summed E-state index contributed by atoms with van der Waals surface area (Å²) in [5.74, 6) is -0.300. The molecular weight excluding hydrogens is 500 g/mol. The Balaban J connectivity index is 1.45. The van der Waals surface area contributed by atoms with Gasteiger partial charge in [-0.3, -0.25) is 9.48 Å². The summed E-state index contributed by atoms with van der Waals surface area (Å²) in [5, 5.41) is 12.1. The van der Waals surface area contributed by atoms with Crippen LogP contribution in [0.25, 0.3) is 17.0 Å². The molecule has 164 valence electrons. The lowest BCUT2D eigenvalue weighted by molar-refractivity contribution is 0.102. The number of hydrogen-bond donors (Lipinski definition) is 1. The Bertz CT molecular complexity index is 1450. The van der Waals surface area contributed by atoms with Crippen LogP contribution in [0.3, 0.4) is 0 Å². The molecule has 3 aromatic heterocycles. The molecule has 5 aromatic rings. The van der Waals surface area contributed by atoms with Gasteiger partial charge in [-0.05, 0) is 53.2 Å². The highest BCUT2D eigenvalue weighted by atomic mass is 79.9. The van der Waals surface area contributed by atoms with E-state index in [9.17, 15) is 4.79 Å². The van der Waals surface area contributed by atoms with Crippen molar-refractivity contribution in [3.63, 3.8) is 0 Å². The number of hydrogen-bond acceptors (Lipinski definition) is 5. The number of fused-ring (bicyclic) bond motifs is 1. The van der Waals surface area contributed by atoms with Crippen LogP contribution in [0.2, 0.25) is 0 Å². The lowest BCUT2D eigenvalue weighted by Crippen LogP contribution is -2.13. The lowest BCUT2D eigenvalue weighted by atomic mass is 10.3. The first-order chi connectivity index (χ1) is 16.1. The number of anilines is 1. The monoisotopic (exact) mass is 518 g/mol. The van der Waals surface area contributed by atoms with Crippen LogP contribution in [0.15, 0.2) is 93.4 Å². The van der Waals surface area contributed by atoms with Crippen LogP contribution < -0.4 is 5.32 Å². The van der Waals surface area contributed by atoms with Crippen molar-refractivity contribution in [2.45, 2.75) is 23.3 Å². The van der Waals surface area contributed by atoms with Gasteiger partial charge in [0.05, 0.1) is 15.9 Å². The molecule has 1 N–H and O–H groups in total. The number of amides is 1. The summed E-state index contributed by atoms with van der Waals surface area (Å²) in [6.07, 6.45) is 3.61. The highest BCUT2D eigenvalue weighted by Gasteiger charge is 2.18. The molecule has 0 saturated carbocycles. The molecule has 9 heteroatoms. The normalized spacial score (nSPS) is 11.1. The van der Waals surface area contributed by atoms with Crippen LogP contribution in [0.4, 0.5) is 5.69 Å². The van der Waals surface area contributed by atoms with Gasteiger partial charge in [0, 0.05) is 34.8 Å². The van der Waals surface area contributed by atoms with Crippen molar-refractivity contribution in [1.82, 2.24) is 24.4 Å². The SMILES string of the molecule is CCn1cc(Br)c(-c2ccnc3cc(C(=O)Nc4ccccc4Sc4ccccc4)nn23)n1. The number of halogens is 1. The lowest BCUT2D eigenvalue weighted by Gasteiger charge is -2.09. The van der Waals surface area contributed by atoms with Gasteiger partial charge in [-0.25, -0.2) is 9.50 Å². The molecule has 5 rings (SSSR count). The van der Waals surface area contributed by atoms with E-state index in [0.29, 0.717) is 5.65 Å². The second-order valence-corrected chi connectivity index (χ2v) is 9.15. The third kappa shape index (κ3) is 4.42. The van der Waals surface area contributed by atoms with Gasteiger partial charge in [-0.1, -0.05) is 42.1 Å². The first-order valence-corrected chi connectivity index (χ1v) is 11.9. The zero-order valence-electron chi connectivity index (χ0n) is 17.6. The fourth-order valence-electron chi connectivity index (χ4n) is 3.38. The maximum absolute atomic E-state index is 13.1. The van der Waals surface area contributed by atoms with Crippen molar-refractivity contribution in [2.75, 3.05) is 5.32 Å². The number of nitrogens with one attached hydrogen (secondary N) is 1. The Hall–Kier alpha value is -3.43. The van der Waals surface area contributed by atoms with Gasteiger partial charge in [-0.2, -0.15) is 10.2 Å². The molecular formula is C24H19BrN6OS. The standard InChI is InChI=1S/C24H19BrN6OS/c1-2-30-15-17(25)23(29-30)20-12-13-26-22-14-19(28-31(20)22)24(32)27-18-10-6-7-11-21(18)33-16-8-4-3-5-9-16/h3-15H,2H2,1H3,(H,27,32). The van der Waals surface area contributed by atoms with Crippen molar-refractivity contribution in [3.05, 3.63) is 89.3 Å². The molecule has 7 nitrogen and oxygen atoms in total. The minimum atomic E-state index is -0.300. The largest absolute Gasteiger partial charge is 0.320 e. The molecule has 0 aliphatic heterocycles. The summed E-state index contributed by atoms with van der Waals surface area (Å²) in [6.45, 7) is 2.77. The van der Waals surface area contributed by atoms with E-state index in [1.54, 1.807) is 28.5 Å². The van der Waals surface area contributed by atoms with E-state index in [1.165, 1.54) is 0 Å². The number of benzene rings is 2. The van der Waals surface area contributed by atoms with Crippen LogP contribution >= 0.6 is 27.7 Å². The number of carbonyl (C=O) groups excluding carboxylic acids is 1. The highest BCUT2D eigenvalue weighted by molar-refractivity contribution is 9.10. The van der Waals surface area contributed by atoms with Crippen LogP contribution in [-0.4, -0.2) is 30.3 Å². The maximum Gasteiger partial charge on any atom is 0.276 e. The topological polar surface area (TPSA) is 77.1 Å². The molecule has 0 aliphatic carbocycles. The van der Waals surface area contributed by atoms with Crippen molar-refractivity contribution in [2.24, 2.45) is 0 Å². The number of aromatic nitrogens is 5. The molecule has 2 aromatic carbocycles. The van der Waals surface area contributed by atoms with Crippen molar-refractivity contribution < 1.29 is 4.79 Å². The number of aryl methyl sites for hydroxylation is 1. The van der Waals surface area contributed by atoms with E-state index in [2.05, 4.69) is 36.4 Å². The summed E-state index contributed by atoms with van der Waals surface area (Å²) in [6, 6.07) is 21.3. The minimum Gasteiger partial charge on any atom is -0.320 e. The molecule has 0 radical (unpaired) electrons. The highest BCUT2D eigenvalue weighted by Crippen LogP contribution is 2.33. The summed E-state index contributed by atoms with van der Waals surface area (Å²) in [5.41, 5.74) is 3.07. The van der Waals surface area contributed by atoms with Gasteiger partial charge in [0.2, 0.25) is 0 Å². The molecule has 0 spiro atoms. The van der Waals surface area contributed by atoms with Crippen molar-refractivity contribution >= 4 is 44.9 Å². The Morgan fingerprint density at radius 1 is 1.06 bits per heavy atom. The Labute approximate surface area is 203 Å². The van der Waals surface area contributed by atoms with E-state index in [0.717, 1.165) is 37.9 Å². The average Bonchev–Trinajstić information content (AvgIpc) is 3.44. The second kappa shape index (κ2) is 9.21. The van der Waals surface area contributed by atoms with Gasteiger partial charge < -0.3 is 5.32 Å². The first kappa shape index (κ1) is 21.4. The van der Waals surface area contributed by atoms with E-state index < -0.39 is 0 Å². The number of rotatable bonds is 6.